The van der Waals surface area contributed by atoms with Gasteiger partial charge in [0, 0.05) is 6.07 Å². The van der Waals surface area contributed by atoms with E-state index in [9.17, 15) is 9.59 Å². The van der Waals surface area contributed by atoms with Crippen LogP contribution in [0.1, 0.15) is 5.76 Å². The van der Waals surface area contributed by atoms with Crippen LogP contribution in [0.15, 0.2) is 39.7 Å². The van der Waals surface area contributed by atoms with Crippen molar-refractivity contribution in [2.75, 3.05) is 19.0 Å². The second kappa shape index (κ2) is 6.71. The zero-order valence-corrected chi connectivity index (χ0v) is 13.8. The maximum absolute atomic E-state index is 11.9. The number of carbonyl (C=O) groups excluding carboxylic acids is 1. The zero-order valence-electron chi connectivity index (χ0n) is 13.0. The fourth-order valence-corrected chi connectivity index (χ4v) is 2.89. The number of carbonyl (C=O) groups is 1. The Balaban J connectivity index is 1.65. The molecule has 1 amide bonds. The number of hydrogen-bond acceptors (Lipinski definition) is 7. The minimum atomic E-state index is -0.416. The maximum atomic E-state index is 11.9. The molecule has 1 aromatic carbocycles. The molecule has 2 heterocycles. The summed E-state index contributed by atoms with van der Waals surface area (Å²) in [5, 5.41) is 3.09. The summed E-state index contributed by atoms with van der Waals surface area (Å²) in [4.78, 5) is 27.9. The molecule has 0 aliphatic carbocycles. The number of methoxy groups -OCH3 is 1. The van der Waals surface area contributed by atoms with E-state index in [1.54, 1.807) is 20.1 Å². The van der Waals surface area contributed by atoms with Crippen LogP contribution in [0.4, 0.5) is 5.13 Å². The number of ether oxygens (including phenoxy) is 2. The molecule has 3 rings (SSSR count). The van der Waals surface area contributed by atoms with E-state index in [-0.39, 0.29) is 17.8 Å². The van der Waals surface area contributed by atoms with Gasteiger partial charge in [0.2, 0.25) is 11.2 Å². The Morgan fingerprint density at radius 3 is 2.96 bits per heavy atom. The van der Waals surface area contributed by atoms with Crippen LogP contribution in [0.5, 0.6) is 11.5 Å². The molecule has 0 spiro atoms. The van der Waals surface area contributed by atoms with Crippen LogP contribution in [-0.2, 0) is 4.79 Å². The van der Waals surface area contributed by atoms with Gasteiger partial charge in [0.15, 0.2) is 11.7 Å². The van der Waals surface area contributed by atoms with Crippen LogP contribution in [0, 0.1) is 6.92 Å². The van der Waals surface area contributed by atoms with Crippen molar-refractivity contribution in [3.63, 3.8) is 0 Å². The number of aryl methyl sites for hydroxylation is 1. The van der Waals surface area contributed by atoms with E-state index in [0.717, 1.165) is 16.0 Å². The Bertz CT molecular complexity index is 947. The van der Waals surface area contributed by atoms with Crippen molar-refractivity contribution in [1.82, 2.24) is 4.98 Å². The van der Waals surface area contributed by atoms with Gasteiger partial charge in [-0.25, -0.2) is 4.98 Å². The average Bonchev–Trinajstić information content (AvgIpc) is 2.95. The first-order valence-electron chi connectivity index (χ1n) is 7.02. The predicted octanol–water partition coefficient (Wildman–Crippen LogP) is 2.58. The molecule has 0 fully saturated rings. The summed E-state index contributed by atoms with van der Waals surface area (Å²) in [6.07, 6.45) is 1.19. The molecule has 0 bridgehead atoms. The number of aromatic nitrogens is 1. The molecule has 0 aliphatic rings. The molecule has 2 aromatic heterocycles. The first-order valence-corrected chi connectivity index (χ1v) is 7.83. The molecule has 0 saturated heterocycles. The van der Waals surface area contributed by atoms with Gasteiger partial charge < -0.3 is 13.9 Å². The van der Waals surface area contributed by atoms with E-state index in [0.29, 0.717) is 10.9 Å². The highest BCUT2D eigenvalue weighted by Crippen LogP contribution is 2.29. The lowest BCUT2D eigenvalue weighted by Crippen LogP contribution is -2.21. The molecule has 8 heteroatoms. The van der Waals surface area contributed by atoms with Crippen LogP contribution in [0.2, 0.25) is 0 Å². The van der Waals surface area contributed by atoms with Crippen molar-refractivity contribution in [2.24, 2.45) is 0 Å². The third kappa shape index (κ3) is 3.54. The number of fused-ring (bicyclic) bond motifs is 1. The summed E-state index contributed by atoms with van der Waals surface area (Å²) in [6.45, 7) is 1.34. The quantitative estimate of drug-likeness (QED) is 0.763. The van der Waals surface area contributed by atoms with Crippen molar-refractivity contribution in [3.8, 4) is 11.5 Å². The number of thiazole rings is 1. The minimum absolute atomic E-state index is 0.00946. The van der Waals surface area contributed by atoms with Crippen LogP contribution in [0.25, 0.3) is 10.2 Å². The molecule has 24 heavy (non-hydrogen) atoms. The highest BCUT2D eigenvalue weighted by Gasteiger charge is 2.11. The van der Waals surface area contributed by atoms with E-state index in [1.807, 2.05) is 12.1 Å². The molecule has 7 nitrogen and oxygen atoms in total. The fourth-order valence-electron chi connectivity index (χ4n) is 1.98. The monoisotopic (exact) mass is 346 g/mol. The number of nitrogens with zero attached hydrogens (tertiary/aromatic N) is 1. The van der Waals surface area contributed by atoms with E-state index < -0.39 is 5.91 Å². The number of hydrogen-bond donors (Lipinski definition) is 1. The second-order valence-corrected chi connectivity index (χ2v) is 5.94. The largest absolute Gasteiger partial charge is 0.497 e. The van der Waals surface area contributed by atoms with Crippen molar-refractivity contribution < 1.29 is 18.7 Å². The molecule has 0 atom stereocenters. The summed E-state index contributed by atoms with van der Waals surface area (Å²) in [5.41, 5.74) is 0.426. The second-order valence-electron chi connectivity index (χ2n) is 4.91. The highest BCUT2D eigenvalue weighted by molar-refractivity contribution is 7.22. The Labute approximate surface area is 140 Å². The Hall–Kier alpha value is -2.87. The Morgan fingerprint density at radius 1 is 1.38 bits per heavy atom. The van der Waals surface area contributed by atoms with E-state index in [2.05, 4.69) is 10.3 Å². The molecule has 1 N–H and O–H groups in total. The smallest absolute Gasteiger partial charge is 0.264 e. The van der Waals surface area contributed by atoms with Gasteiger partial charge in [0.25, 0.3) is 5.91 Å². The fraction of sp³-hybridized carbons (Fsp3) is 0.188. The molecule has 0 radical (unpaired) electrons. The lowest BCUT2D eigenvalue weighted by Gasteiger charge is -2.04. The molecule has 0 aliphatic heterocycles. The van der Waals surface area contributed by atoms with Gasteiger partial charge in [0.1, 0.15) is 17.8 Å². The average molecular weight is 346 g/mol. The summed E-state index contributed by atoms with van der Waals surface area (Å²) >= 11 is 1.32. The lowest BCUT2D eigenvalue weighted by atomic mass is 10.3. The van der Waals surface area contributed by atoms with Gasteiger partial charge >= 0.3 is 0 Å². The van der Waals surface area contributed by atoms with Gasteiger partial charge in [-0.1, -0.05) is 11.3 Å². The normalized spacial score (nSPS) is 10.6. The highest BCUT2D eigenvalue weighted by atomic mass is 32.1. The summed E-state index contributed by atoms with van der Waals surface area (Å²) < 4.78 is 16.3. The number of benzene rings is 1. The van der Waals surface area contributed by atoms with Crippen molar-refractivity contribution in [1.29, 1.82) is 0 Å². The minimum Gasteiger partial charge on any atom is -0.497 e. The van der Waals surface area contributed by atoms with Gasteiger partial charge in [-0.3, -0.25) is 14.9 Å². The molecule has 0 saturated carbocycles. The van der Waals surface area contributed by atoms with Crippen LogP contribution in [0.3, 0.4) is 0 Å². The molecular formula is C16H14N2O5S. The first-order chi connectivity index (χ1) is 11.5. The van der Waals surface area contributed by atoms with Crippen molar-refractivity contribution in [3.05, 3.63) is 46.5 Å². The predicted molar refractivity (Wildman–Crippen MR) is 90.0 cm³/mol. The van der Waals surface area contributed by atoms with Crippen LogP contribution in [-0.4, -0.2) is 24.6 Å². The summed E-state index contributed by atoms with van der Waals surface area (Å²) in [7, 11) is 1.59. The number of rotatable bonds is 5. The van der Waals surface area contributed by atoms with Gasteiger partial charge in [-0.15, -0.1) is 0 Å². The Kier molecular flexibility index (Phi) is 4.48. The summed E-state index contributed by atoms with van der Waals surface area (Å²) in [5.74, 6) is 0.769. The number of amides is 1. The van der Waals surface area contributed by atoms with Crippen LogP contribution >= 0.6 is 11.3 Å². The van der Waals surface area contributed by atoms with Gasteiger partial charge in [-0.05, 0) is 25.1 Å². The standard InChI is InChI=1S/C16H14N2O5S/c1-9-5-12(19)13(7-22-9)23-8-15(20)18-16-17-11-4-3-10(21-2)6-14(11)24-16/h3-7H,8H2,1-2H3,(H,17,18,20). The van der Waals surface area contributed by atoms with Crippen molar-refractivity contribution in [2.45, 2.75) is 6.92 Å². The SMILES string of the molecule is COc1ccc2nc(NC(=O)COc3coc(C)cc3=O)sc2c1. The molecule has 3 aromatic rings. The van der Waals surface area contributed by atoms with E-state index in [1.165, 1.54) is 23.7 Å². The number of nitrogens with one attached hydrogen (secondary N) is 1. The molecular weight excluding hydrogens is 332 g/mol. The zero-order chi connectivity index (χ0) is 17.1. The van der Waals surface area contributed by atoms with E-state index >= 15 is 0 Å². The first kappa shape index (κ1) is 16.0. The number of anilines is 1. The summed E-state index contributed by atoms with van der Waals surface area (Å²) in [6, 6.07) is 6.76. The Morgan fingerprint density at radius 2 is 2.21 bits per heavy atom. The molecule has 124 valence electrons. The van der Waals surface area contributed by atoms with E-state index in [4.69, 9.17) is 13.9 Å². The molecule has 0 unspecified atom stereocenters. The van der Waals surface area contributed by atoms with Crippen LogP contribution < -0.4 is 20.2 Å². The topological polar surface area (TPSA) is 90.7 Å². The lowest BCUT2D eigenvalue weighted by molar-refractivity contribution is -0.118. The van der Waals surface area contributed by atoms with Gasteiger partial charge in [0.05, 0.1) is 17.3 Å². The third-order valence-corrected chi connectivity index (χ3v) is 4.06. The van der Waals surface area contributed by atoms with Crippen molar-refractivity contribution >= 4 is 32.6 Å². The van der Waals surface area contributed by atoms with Gasteiger partial charge in [-0.2, -0.15) is 0 Å². The third-order valence-electron chi connectivity index (χ3n) is 3.13. The maximum Gasteiger partial charge on any atom is 0.264 e.